The first-order valence-electron chi connectivity index (χ1n) is 8.95. The molecule has 0 spiro atoms. The van der Waals surface area contributed by atoms with E-state index in [1.54, 1.807) is 30.1 Å². The van der Waals surface area contributed by atoms with Gasteiger partial charge in [0.1, 0.15) is 0 Å². The number of carbonyl (C=O) groups is 1. The van der Waals surface area contributed by atoms with E-state index >= 15 is 0 Å². The van der Waals surface area contributed by atoms with Crippen LogP contribution in [0.3, 0.4) is 0 Å². The average molecular weight is 388 g/mol. The molecule has 0 unspecified atom stereocenters. The van der Waals surface area contributed by atoms with Crippen LogP contribution in [0.15, 0.2) is 59.5 Å². The molecular formula is C20H24N2O4S. The molecule has 7 heteroatoms. The quantitative estimate of drug-likeness (QED) is 0.823. The molecular weight excluding hydrogens is 364 g/mol. The summed E-state index contributed by atoms with van der Waals surface area (Å²) >= 11 is 0. The number of rotatable bonds is 6. The fourth-order valence-corrected chi connectivity index (χ4v) is 5.00. The van der Waals surface area contributed by atoms with Crippen molar-refractivity contribution in [2.75, 3.05) is 26.7 Å². The first kappa shape index (κ1) is 19.5. The Morgan fingerprint density at radius 2 is 1.70 bits per heavy atom. The molecule has 1 aliphatic heterocycles. The second-order valence-electron chi connectivity index (χ2n) is 6.84. The molecule has 144 valence electrons. The predicted octanol–water partition coefficient (Wildman–Crippen LogP) is 2.52. The van der Waals surface area contributed by atoms with Gasteiger partial charge in [-0.1, -0.05) is 42.5 Å². The Morgan fingerprint density at radius 1 is 1.07 bits per heavy atom. The number of piperidine rings is 1. The summed E-state index contributed by atoms with van der Waals surface area (Å²) in [7, 11) is -1.80. The number of carboxylic acids is 1. The van der Waals surface area contributed by atoms with Crippen molar-refractivity contribution in [3.63, 3.8) is 0 Å². The molecule has 0 aliphatic carbocycles. The predicted molar refractivity (Wildman–Crippen MR) is 104 cm³/mol. The minimum atomic E-state index is -3.57. The highest BCUT2D eigenvalue weighted by Crippen LogP contribution is 2.26. The number of nitrogens with zero attached hydrogens (tertiary/aromatic N) is 2. The lowest BCUT2D eigenvalue weighted by atomic mass is 10.1. The lowest BCUT2D eigenvalue weighted by molar-refractivity contribution is -0.138. The summed E-state index contributed by atoms with van der Waals surface area (Å²) in [5.74, 6) is -0.870. The lowest BCUT2D eigenvalue weighted by Crippen LogP contribution is -2.46. The highest BCUT2D eigenvalue weighted by molar-refractivity contribution is 7.89. The van der Waals surface area contributed by atoms with Crippen molar-refractivity contribution in [3.8, 4) is 11.1 Å². The van der Waals surface area contributed by atoms with E-state index in [4.69, 9.17) is 5.11 Å². The summed E-state index contributed by atoms with van der Waals surface area (Å²) in [5.41, 5.74) is 1.84. The lowest BCUT2D eigenvalue weighted by Gasteiger charge is -2.35. The van der Waals surface area contributed by atoms with Crippen LogP contribution in [0.4, 0.5) is 0 Å². The van der Waals surface area contributed by atoms with Gasteiger partial charge in [0.15, 0.2) is 0 Å². The molecule has 6 nitrogen and oxygen atoms in total. The van der Waals surface area contributed by atoms with Crippen LogP contribution in [-0.4, -0.2) is 61.4 Å². The number of sulfonamides is 1. The molecule has 1 saturated heterocycles. The molecule has 0 amide bonds. The molecule has 1 heterocycles. The maximum absolute atomic E-state index is 13.0. The van der Waals surface area contributed by atoms with Gasteiger partial charge in [0, 0.05) is 19.1 Å². The van der Waals surface area contributed by atoms with Crippen molar-refractivity contribution in [1.82, 2.24) is 9.21 Å². The molecule has 1 fully saturated rings. The summed E-state index contributed by atoms with van der Waals surface area (Å²) in [6.45, 7) is 0.760. The maximum atomic E-state index is 13.0. The van der Waals surface area contributed by atoms with Gasteiger partial charge in [-0.15, -0.1) is 0 Å². The van der Waals surface area contributed by atoms with Gasteiger partial charge in [0.05, 0.1) is 11.4 Å². The van der Waals surface area contributed by atoms with Crippen LogP contribution in [0.1, 0.15) is 12.8 Å². The van der Waals surface area contributed by atoms with Crippen LogP contribution in [0.2, 0.25) is 0 Å². The maximum Gasteiger partial charge on any atom is 0.317 e. The van der Waals surface area contributed by atoms with E-state index in [0.717, 1.165) is 11.1 Å². The number of likely N-dealkylation sites (N-methyl/N-ethyl adjacent to an activating group) is 1. The van der Waals surface area contributed by atoms with Gasteiger partial charge in [-0.3, -0.25) is 9.69 Å². The van der Waals surface area contributed by atoms with Crippen molar-refractivity contribution in [2.24, 2.45) is 0 Å². The zero-order valence-corrected chi connectivity index (χ0v) is 16.1. The number of aliphatic carboxylic acids is 1. The Balaban J connectivity index is 1.73. The van der Waals surface area contributed by atoms with E-state index < -0.39 is 16.0 Å². The number of hydrogen-bond acceptors (Lipinski definition) is 4. The van der Waals surface area contributed by atoms with Crippen LogP contribution in [0, 0.1) is 0 Å². The SMILES string of the molecule is CN(CC(=O)O)C1CCN(S(=O)(=O)c2cccc(-c3ccccc3)c2)CC1. The highest BCUT2D eigenvalue weighted by atomic mass is 32.2. The first-order chi connectivity index (χ1) is 12.9. The van der Waals surface area contributed by atoms with Crippen molar-refractivity contribution in [1.29, 1.82) is 0 Å². The fourth-order valence-electron chi connectivity index (χ4n) is 3.48. The zero-order chi connectivity index (χ0) is 19.4. The van der Waals surface area contributed by atoms with E-state index in [2.05, 4.69) is 0 Å². The number of hydrogen-bond donors (Lipinski definition) is 1. The average Bonchev–Trinajstić information content (AvgIpc) is 2.68. The fraction of sp³-hybridized carbons (Fsp3) is 0.350. The summed E-state index contributed by atoms with van der Waals surface area (Å²) in [5, 5.41) is 8.92. The van der Waals surface area contributed by atoms with Crippen LogP contribution in [0.5, 0.6) is 0 Å². The Bertz CT molecular complexity index is 891. The van der Waals surface area contributed by atoms with Crippen molar-refractivity contribution < 1.29 is 18.3 Å². The van der Waals surface area contributed by atoms with E-state index in [1.165, 1.54) is 4.31 Å². The van der Waals surface area contributed by atoms with Crippen molar-refractivity contribution >= 4 is 16.0 Å². The van der Waals surface area contributed by atoms with E-state index in [1.807, 2.05) is 36.4 Å². The molecule has 0 radical (unpaired) electrons. The van der Waals surface area contributed by atoms with Gasteiger partial charge in [-0.05, 0) is 43.1 Å². The Hall–Kier alpha value is -2.22. The van der Waals surface area contributed by atoms with Crippen LogP contribution < -0.4 is 0 Å². The molecule has 27 heavy (non-hydrogen) atoms. The zero-order valence-electron chi connectivity index (χ0n) is 15.3. The molecule has 0 saturated carbocycles. The molecule has 2 aromatic carbocycles. The number of carboxylic acid groups (broad SMARTS) is 1. The summed E-state index contributed by atoms with van der Waals surface area (Å²) in [6, 6.07) is 16.8. The smallest absolute Gasteiger partial charge is 0.317 e. The van der Waals surface area contributed by atoms with Gasteiger partial charge in [-0.25, -0.2) is 8.42 Å². The van der Waals surface area contributed by atoms with Gasteiger partial charge < -0.3 is 5.11 Å². The molecule has 0 atom stereocenters. The van der Waals surface area contributed by atoms with Crippen LogP contribution in [0.25, 0.3) is 11.1 Å². The molecule has 3 rings (SSSR count). The van der Waals surface area contributed by atoms with E-state index in [9.17, 15) is 13.2 Å². The minimum Gasteiger partial charge on any atom is -0.480 e. The molecule has 1 aliphatic rings. The summed E-state index contributed by atoms with van der Waals surface area (Å²) < 4.78 is 27.6. The van der Waals surface area contributed by atoms with Crippen LogP contribution >= 0.6 is 0 Å². The summed E-state index contributed by atoms with van der Waals surface area (Å²) in [6.07, 6.45) is 1.25. The standard InChI is InChI=1S/C20H24N2O4S/c1-21(15-20(23)24)18-10-12-22(13-11-18)27(25,26)19-9-5-8-17(14-19)16-6-3-2-4-7-16/h2-9,14,18H,10-13,15H2,1H3,(H,23,24). The monoisotopic (exact) mass is 388 g/mol. The number of benzene rings is 2. The van der Waals surface area contributed by atoms with Gasteiger partial charge in [-0.2, -0.15) is 4.31 Å². The van der Waals surface area contributed by atoms with Gasteiger partial charge in [0.25, 0.3) is 0 Å². The normalized spacial score (nSPS) is 16.5. The molecule has 0 bridgehead atoms. The molecule has 1 N–H and O–H groups in total. The summed E-state index contributed by atoms with van der Waals surface area (Å²) in [4.78, 5) is 12.9. The van der Waals surface area contributed by atoms with Gasteiger partial charge >= 0.3 is 5.97 Å². The van der Waals surface area contributed by atoms with Gasteiger partial charge in [0.2, 0.25) is 10.0 Å². The van der Waals surface area contributed by atoms with E-state index in [-0.39, 0.29) is 12.6 Å². The minimum absolute atomic E-state index is 0.0312. The van der Waals surface area contributed by atoms with Crippen molar-refractivity contribution in [2.45, 2.75) is 23.8 Å². The van der Waals surface area contributed by atoms with E-state index in [0.29, 0.717) is 30.8 Å². The third-order valence-electron chi connectivity index (χ3n) is 5.01. The third kappa shape index (κ3) is 4.55. The Labute approximate surface area is 160 Å². The first-order valence-corrected chi connectivity index (χ1v) is 10.4. The second-order valence-corrected chi connectivity index (χ2v) is 8.78. The molecule has 2 aromatic rings. The Kier molecular flexibility index (Phi) is 5.94. The topological polar surface area (TPSA) is 77.9 Å². The third-order valence-corrected chi connectivity index (χ3v) is 6.91. The Morgan fingerprint density at radius 3 is 2.33 bits per heavy atom. The largest absolute Gasteiger partial charge is 0.480 e. The van der Waals surface area contributed by atoms with Crippen LogP contribution in [-0.2, 0) is 14.8 Å². The van der Waals surface area contributed by atoms with Crippen molar-refractivity contribution in [3.05, 3.63) is 54.6 Å². The second kappa shape index (κ2) is 8.21. The molecule has 0 aromatic heterocycles. The highest BCUT2D eigenvalue weighted by Gasteiger charge is 2.31.